The summed E-state index contributed by atoms with van der Waals surface area (Å²) in [6, 6.07) is 13.9. The third-order valence-corrected chi connectivity index (χ3v) is 11.4. The van der Waals surface area contributed by atoms with Crippen molar-refractivity contribution in [1.29, 1.82) is 0 Å². The molecule has 0 spiro atoms. The Morgan fingerprint density at radius 3 is 2.34 bits per heavy atom. The molecule has 2 saturated carbocycles. The summed E-state index contributed by atoms with van der Waals surface area (Å²) in [5, 5.41) is 19.4. The second-order valence-electron chi connectivity index (χ2n) is 16.4. The van der Waals surface area contributed by atoms with Gasteiger partial charge in [-0.05, 0) is 42.7 Å². The number of methoxy groups -OCH3 is 1. The van der Waals surface area contributed by atoms with Gasteiger partial charge < -0.3 is 35.4 Å². The Hall–Kier alpha value is -5.46. The largest absolute Gasteiger partial charge is 0.497 e. The van der Waals surface area contributed by atoms with Gasteiger partial charge in [0.15, 0.2) is 0 Å². The molecular weight excluding hydrogens is 714 g/mol. The molecule has 3 fully saturated rings. The fourth-order valence-electron chi connectivity index (χ4n) is 8.16. The van der Waals surface area contributed by atoms with Gasteiger partial charge in [-0.2, -0.15) is 0 Å². The van der Waals surface area contributed by atoms with Gasteiger partial charge in [-0.3, -0.25) is 19.2 Å². The van der Waals surface area contributed by atoms with Gasteiger partial charge >= 0.3 is 5.97 Å². The van der Waals surface area contributed by atoms with E-state index in [1.54, 1.807) is 13.2 Å². The lowest BCUT2D eigenvalue weighted by Crippen LogP contribution is -2.62. The average molecular weight is 768 g/mol. The van der Waals surface area contributed by atoms with Crippen LogP contribution in [0.3, 0.4) is 0 Å². The van der Waals surface area contributed by atoms with E-state index in [2.05, 4.69) is 22.5 Å². The van der Waals surface area contributed by atoms with Gasteiger partial charge in [-0.15, -0.1) is 6.58 Å². The number of carboxylic acids is 1. The molecule has 4 N–H and O–H groups in total. The Morgan fingerprint density at radius 1 is 1.02 bits per heavy atom. The number of amides is 4. The number of aromatic nitrogens is 1. The number of carbonyl (C=O) groups excluding carboxylic acids is 4. The maximum atomic E-state index is 14.9. The third-order valence-electron chi connectivity index (χ3n) is 11.4. The van der Waals surface area contributed by atoms with E-state index in [4.69, 9.17) is 14.5 Å². The first kappa shape index (κ1) is 40.2. The monoisotopic (exact) mass is 767 g/mol. The molecule has 56 heavy (non-hydrogen) atoms. The SMILES string of the molecule is C=CC1CC1(NC(=O)C1C[C@@H](Oc2cc(-c3ccccc3)nc3cc(OC)ccc23)CN1C(=O)C(NC(=O)C(NC(C)=O)C1CCCCC1)C(C)(C)C)C(=O)O. The van der Waals surface area contributed by atoms with Gasteiger partial charge in [0.1, 0.15) is 41.3 Å². The highest BCUT2D eigenvalue weighted by molar-refractivity contribution is 5.97. The molecule has 5 unspecified atom stereocenters. The highest BCUT2D eigenvalue weighted by atomic mass is 16.5. The number of benzene rings is 2. The molecule has 298 valence electrons. The van der Waals surface area contributed by atoms with Crippen LogP contribution in [0, 0.1) is 17.3 Å². The first-order chi connectivity index (χ1) is 26.6. The molecule has 1 saturated heterocycles. The number of hydrogen-bond acceptors (Lipinski definition) is 8. The minimum absolute atomic E-state index is 0.0251. The summed E-state index contributed by atoms with van der Waals surface area (Å²) < 4.78 is 12.2. The molecule has 2 heterocycles. The van der Waals surface area contributed by atoms with Crippen LogP contribution in [0.2, 0.25) is 0 Å². The normalized spacial score (nSPS) is 23.4. The molecule has 13 heteroatoms. The zero-order valence-electron chi connectivity index (χ0n) is 32.8. The summed E-state index contributed by atoms with van der Waals surface area (Å²) in [6.45, 7) is 10.6. The van der Waals surface area contributed by atoms with Crippen molar-refractivity contribution in [3.63, 3.8) is 0 Å². The van der Waals surface area contributed by atoms with Crippen molar-refractivity contribution in [2.45, 2.75) is 102 Å². The number of likely N-dealkylation sites (tertiary alicyclic amines) is 1. The average Bonchev–Trinajstić information content (AvgIpc) is 3.74. The van der Waals surface area contributed by atoms with E-state index in [1.165, 1.54) is 17.9 Å². The molecule has 1 aromatic heterocycles. The molecular formula is C43H53N5O8. The van der Waals surface area contributed by atoms with Crippen LogP contribution in [-0.2, 0) is 24.0 Å². The van der Waals surface area contributed by atoms with E-state index < -0.39 is 64.8 Å². The first-order valence-corrected chi connectivity index (χ1v) is 19.4. The predicted molar refractivity (Wildman–Crippen MR) is 211 cm³/mol. The van der Waals surface area contributed by atoms with Crippen LogP contribution >= 0.6 is 0 Å². The fraction of sp³-hybridized carbons (Fsp3) is 0.488. The van der Waals surface area contributed by atoms with Crippen LogP contribution in [0.15, 0.2) is 67.3 Å². The van der Waals surface area contributed by atoms with Gasteiger partial charge in [0, 0.05) is 42.3 Å². The number of nitrogens with zero attached hydrogens (tertiary/aromatic N) is 2. The van der Waals surface area contributed by atoms with Gasteiger partial charge in [-0.1, -0.05) is 76.4 Å². The van der Waals surface area contributed by atoms with Crippen molar-refractivity contribution in [2.75, 3.05) is 13.7 Å². The minimum Gasteiger partial charge on any atom is -0.497 e. The Bertz CT molecular complexity index is 1990. The number of fused-ring (bicyclic) bond motifs is 1. The summed E-state index contributed by atoms with van der Waals surface area (Å²) in [5.41, 5.74) is -0.220. The van der Waals surface area contributed by atoms with Crippen LogP contribution in [0.4, 0.5) is 0 Å². The summed E-state index contributed by atoms with van der Waals surface area (Å²) in [6.07, 6.45) is 5.54. The van der Waals surface area contributed by atoms with E-state index in [1.807, 2.05) is 69.3 Å². The number of nitrogens with one attached hydrogen (secondary N) is 3. The fourth-order valence-corrected chi connectivity index (χ4v) is 8.16. The Morgan fingerprint density at radius 2 is 1.73 bits per heavy atom. The summed E-state index contributed by atoms with van der Waals surface area (Å²) in [5.74, 6) is -2.59. The molecule has 4 amide bonds. The van der Waals surface area contributed by atoms with Crippen LogP contribution in [0.25, 0.3) is 22.2 Å². The number of carbonyl (C=O) groups is 5. The van der Waals surface area contributed by atoms with Gasteiger partial charge in [0.25, 0.3) is 0 Å². The maximum absolute atomic E-state index is 14.9. The number of rotatable bonds is 13. The van der Waals surface area contributed by atoms with Gasteiger partial charge in [0.2, 0.25) is 23.6 Å². The van der Waals surface area contributed by atoms with E-state index in [9.17, 15) is 29.1 Å². The third kappa shape index (κ3) is 8.51. The number of carboxylic acid groups (broad SMARTS) is 1. The molecule has 6 atom stereocenters. The van der Waals surface area contributed by atoms with Gasteiger partial charge in [0.05, 0.1) is 24.9 Å². The number of hydrogen-bond donors (Lipinski definition) is 4. The van der Waals surface area contributed by atoms with Crippen LogP contribution in [-0.4, -0.2) is 88.0 Å². The lowest BCUT2D eigenvalue weighted by atomic mass is 9.82. The van der Waals surface area contributed by atoms with Gasteiger partial charge in [-0.25, -0.2) is 9.78 Å². The van der Waals surface area contributed by atoms with Crippen LogP contribution in [0.1, 0.15) is 72.6 Å². The topological polar surface area (TPSA) is 176 Å². The molecule has 2 aromatic carbocycles. The lowest BCUT2D eigenvalue weighted by Gasteiger charge is -2.37. The van der Waals surface area contributed by atoms with Crippen LogP contribution < -0.4 is 25.4 Å². The highest BCUT2D eigenvalue weighted by Crippen LogP contribution is 2.45. The number of ether oxygens (including phenoxy) is 2. The smallest absolute Gasteiger partial charge is 0.330 e. The predicted octanol–water partition coefficient (Wildman–Crippen LogP) is 5.02. The molecule has 2 aliphatic carbocycles. The van der Waals surface area contributed by atoms with Crippen molar-refractivity contribution in [3.8, 4) is 22.8 Å². The second kappa shape index (κ2) is 16.3. The van der Waals surface area contributed by atoms with Crippen molar-refractivity contribution < 1.29 is 38.6 Å². The van der Waals surface area contributed by atoms with Crippen molar-refractivity contribution in [2.24, 2.45) is 17.3 Å². The summed E-state index contributed by atoms with van der Waals surface area (Å²) >= 11 is 0. The lowest BCUT2D eigenvalue weighted by molar-refractivity contribution is -0.147. The molecule has 13 nitrogen and oxygen atoms in total. The molecule has 0 radical (unpaired) electrons. The first-order valence-electron chi connectivity index (χ1n) is 19.4. The van der Waals surface area contributed by atoms with E-state index in [0.717, 1.165) is 37.7 Å². The highest BCUT2D eigenvalue weighted by Gasteiger charge is 2.61. The summed E-state index contributed by atoms with van der Waals surface area (Å²) in [7, 11) is 1.57. The molecule has 1 aliphatic heterocycles. The van der Waals surface area contributed by atoms with Crippen molar-refractivity contribution >= 4 is 40.5 Å². The molecule has 0 bridgehead atoms. The van der Waals surface area contributed by atoms with Crippen molar-refractivity contribution in [3.05, 3.63) is 67.3 Å². The zero-order valence-corrected chi connectivity index (χ0v) is 32.8. The Balaban J connectivity index is 1.34. The molecule has 3 aromatic rings. The Kier molecular flexibility index (Phi) is 11.7. The quantitative estimate of drug-likeness (QED) is 0.174. The Labute approximate surface area is 327 Å². The molecule has 3 aliphatic rings. The second-order valence-corrected chi connectivity index (χ2v) is 16.4. The van der Waals surface area contributed by atoms with E-state index in [0.29, 0.717) is 28.1 Å². The minimum atomic E-state index is -1.53. The number of aliphatic carboxylic acids is 1. The number of pyridine rings is 1. The van der Waals surface area contributed by atoms with Crippen molar-refractivity contribution in [1.82, 2.24) is 25.8 Å². The molecule has 6 rings (SSSR count). The van der Waals surface area contributed by atoms with E-state index >= 15 is 0 Å². The summed E-state index contributed by atoms with van der Waals surface area (Å²) in [4.78, 5) is 74.1. The standard InChI is InChI=1S/C43H53N5O8/c1-7-28-23-43(28,41(53)54)47-38(50)34-21-30(56-35-22-32(26-14-10-8-11-15-26)45-33-20-29(55-6)18-19-31(33)35)24-48(34)40(52)37(42(3,4)5)46-39(51)36(44-25(2)49)27-16-12-9-13-17-27/h7-8,10-11,14-15,18-20,22,27-28,30,34,36-37H,1,9,12-13,16-17,21,23-24H2,2-6H3,(H,44,49)(H,46,51)(H,47,50)(H,53,54)/t28?,30-,34?,36?,37?,43?/m1/s1. The van der Waals surface area contributed by atoms with Crippen LogP contribution in [0.5, 0.6) is 11.5 Å². The zero-order chi connectivity index (χ0) is 40.4. The van der Waals surface area contributed by atoms with E-state index in [-0.39, 0.29) is 31.2 Å². The maximum Gasteiger partial charge on any atom is 0.330 e.